The molecule has 0 bridgehead atoms. The maximum absolute atomic E-state index is 12.6. The Hall–Kier alpha value is -2.20. The predicted molar refractivity (Wildman–Crippen MR) is 88.5 cm³/mol. The molecule has 0 aliphatic heterocycles. The second kappa shape index (κ2) is 8.29. The Bertz CT molecular complexity index is 583. The second-order valence-electron chi connectivity index (χ2n) is 5.27. The van der Waals surface area contributed by atoms with Crippen LogP contribution in [0.15, 0.2) is 42.5 Å². The highest BCUT2D eigenvalue weighted by molar-refractivity contribution is 6.36. The lowest BCUT2D eigenvalue weighted by Gasteiger charge is -2.11. The maximum atomic E-state index is 12.6. The summed E-state index contributed by atoms with van der Waals surface area (Å²) in [5.41, 5.74) is 2.12. The summed E-state index contributed by atoms with van der Waals surface area (Å²) >= 11 is 0. The van der Waals surface area contributed by atoms with Crippen LogP contribution in [0.5, 0.6) is 0 Å². The number of esters is 1. The summed E-state index contributed by atoms with van der Waals surface area (Å²) in [6, 6.07) is 7.46. The summed E-state index contributed by atoms with van der Waals surface area (Å²) in [5.74, 6) is -1.01. The fraction of sp³-hybridized carbons (Fsp3) is 0.333. The minimum atomic E-state index is -0.609. The van der Waals surface area contributed by atoms with Crippen LogP contribution in [0.3, 0.4) is 0 Å². The number of ketones is 1. The normalized spacial score (nSPS) is 11.4. The summed E-state index contributed by atoms with van der Waals surface area (Å²) in [4.78, 5) is 26.4. The molecule has 118 valence electrons. The molecule has 0 atom stereocenters. The predicted octanol–water partition coefficient (Wildman–Crippen LogP) is 2.63. The highest BCUT2D eigenvalue weighted by Gasteiger charge is 2.22. The van der Waals surface area contributed by atoms with Crippen molar-refractivity contribution in [1.82, 2.24) is 4.90 Å². The van der Waals surface area contributed by atoms with Crippen molar-refractivity contribution in [3.05, 3.63) is 53.6 Å². The minimum absolute atomic E-state index is 0.0288. The number of benzene rings is 1. The van der Waals surface area contributed by atoms with Crippen molar-refractivity contribution in [3.63, 3.8) is 0 Å². The molecule has 0 aromatic heterocycles. The van der Waals surface area contributed by atoms with E-state index in [0.717, 1.165) is 5.56 Å². The number of rotatable bonds is 7. The van der Waals surface area contributed by atoms with Gasteiger partial charge in [0.25, 0.3) is 0 Å². The Labute approximate surface area is 132 Å². The number of Topliss-reactive ketones (excluding diaryl/α,β-unsaturated/α-hetero) is 1. The van der Waals surface area contributed by atoms with Crippen molar-refractivity contribution < 1.29 is 14.3 Å². The van der Waals surface area contributed by atoms with Gasteiger partial charge in [-0.05, 0) is 33.5 Å². The van der Waals surface area contributed by atoms with Crippen LogP contribution in [0, 0.1) is 6.92 Å². The number of likely N-dealkylation sites (N-methyl/N-ethyl adjacent to an activating group) is 1. The Morgan fingerprint density at radius 2 is 1.82 bits per heavy atom. The maximum Gasteiger partial charge on any atom is 0.341 e. The summed E-state index contributed by atoms with van der Waals surface area (Å²) in [7, 11) is 3.72. The molecule has 0 amide bonds. The number of nitrogens with zero attached hydrogens (tertiary/aromatic N) is 1. The molecule has 0 heterocycles. The Balaban J connectivity index is 3.05. The van der Waals surface area contributed by atoms with Gasteiger partial charge in [0, 0.05) is 12.1 Å². The van der Waals surface area contributed by atoms with Gasteiger partial charge in [-0.3, -0.25) is 4.79 Å². The van der Waals surface area contributed by atoms with Gasteiger partial charge in [0.15, 0.2) is 5.78 Å². The number of allylic oxidation sites excluding steroid dienone is 1. The number of aryl methyl sites for hydroxylation is 1. The average molecular weight is 301 g/mol. The molecule has 0 N–H and O–H groups in total. The molecule has 0 saturated carbocycles. The topological polar surface area (TPSA) is 46.6 Å². The lowest BCUT2D eigenvalue weighted by molar-refractivity contribution is -0.139. The highest BCUT2D eigenvalue weighted by Crippen LogP contribution is 2.19. The summed E-state index contributed by atoms with van der Waals surface area (Å²) in [6.45, 7) is 8.21. The van der Waals surface area contributed by atoms with E-state index in [4.69, 9.17) is 4.74 Å². The first kappa shape index (κ1) is 17.9. The number of hydrogen-bond acceptors (Lipinski definition) is 4. The second-order valence-corrected chi connectivity index (χ2v) is 5.27. The zero-order valence-corrected chi connectivity index (χ0v) is 13.7. The fourth-order valence-electron chi connectivity index (χ4n) is 1.80. The quantitative estimate of drug-likeness (QED) is 0.336. The van der Waals surface area contributed by atoms with Gasteiger partial charge in [-0.2, -0.15) is 0 Å². The third-order valence-corrected chi connectivity index (χ3v) is 3.07. The van der Waals surface area contributed by atoms with E-state index in [9.17, 15) is 9.59 Å². The van der Waals surface area contributed by atoms with E-state index in [0.29, 0.717) is 12.1 Å². The van der Waals surface area contributed by atoms with E-state index < -0.39 is 11.8 Å². The van der Waals surface area contributed by atoms with Gasteiger partial charge in [0.1, 0.15) is 5.57 Å². The van der Waals surface area contributed by atoms with Crippen molar-refractivity contribution >= 4 is 17.3 Å². The van der Waals surface area contributed by atoms with Crippen LogP contribution in [0.4, 0.5) is 0 Å². The number of carbonyl (C=O) groups excluding carboxylic acids is 2. The van der Waals surface area contributed by atoms with Gasteiger partial charge < -0.3 is 9.64 Å². The standard InChI is InChI=1S/C18H23NO3/c1-6-22-18(21)16(11-12-19(4)5)17(20)14(3)15-9-7-13(2)8-10-15/h7-11H,3,6,12H2,1-2,4-5H3/b16-11-. The molecular weight excluding hydrogens is 278 g/mol. The van der Waals surface area contributed by atoms with Gasteiger partial charge in [-0.1, -0.05) is 42.5 Å². The Morgan fingerprint density at radius 3 is 2.32 bits per heavy atom. The molecule has 4 nitrogen and oxygen atoms in total. The largest absolute Gasteiger partial charge is 0.462 e. The highest BCUT2D eigenvalue weighted by atomic mass is 16.5. The van der Waals surface area contributed by atoms with Crippen LogP contribution in [-0.2, 0) is 14.3 Å². The van der Waals surface area contributed by atoms with Crippen LogP contribution < -0.4 is 0 Å². The lowest BCUT2D eigenvalue weighted by atomic mass is 9.97. The first-order valence-electron chi connectivity index (χ1n) is 7.19. The molecule has 22 heavy (non-hydrogen) atoms. The SMILES string of the molecule is C=C(C(=O)/C(=C/CN(C)C)C(=O)OCC)c1ccc(C)cc1. The monoisotopic (exact) mass is 301 g/mol. The van der Waals surface area contributed by atoms with Crippen molar-refractivity contribution in [2.45, 2.75) is 13.8 Å². The van der Waals surface area contributed by atoms with Crippen LogP contribution in [0.1, 0.15) is 18.1 Å². The van der Waals surface area contributed by atoms with E-state index in [1.807, 2.05) is 50.2 Å². The van der Waals surface area contributed by atoms with Gasteiger partial charge in [0.2, 0.25) is 0 Å². The van der Waals surface area contributed by atoms with Crippen molar-refractivity contribution in [3.8, 4) is 0 Å². The van der Waals surface area contributed by atoms with Crippen molar-refractivity contribution in [1.29, 1.82) is 0 Å². The van der Waals surface area contributed by atoms with E-state index >= 15 is 0 Å². The molecule has 0 spiro atoms. The first-order valence-corrected chi connectivity index (χ1v) is 7.19. The molecule has 0 aliphatic rings. The van der Waals surface area contributed by atoms with E-state index in [2.05, 4.69) is 6.58 Å². The smallest absolute Gasteiger partial charge is 0.341 e. The van der Waals surface area contributed by atoms with Crippen molar-refractivity contribution in [2.75, 3.05) is 27.2 Å². The summed E-state index contributed by atoms with van der Waals surface area (Å²) in [5, 5.41) is 0. The number of ether oxygens (including phenoxy) is 1. The van der Waals surface area contributed by atoms with E-state index in [1.54, 1.807) is 13.0 Å². The zero-order valence-electron chi connectivity index (χ0n) is 13.7. The molecule has 0 fully saturated rings. The van der Waals surface area contributed by atoms with Crippen LogP contribution >= 0.6 is 0 Å². The number of hydrogen-bond donors (Lipinski definition) is 0. The van der Waals surface area contributed by atoms with Gasteiger partial charge in [-0.15, -0.1) is 0 Å². The molecule has 0 radical (unpaired) electrons. The fourth-order valence-corrected chi connectivity index (χ4v) is 1.80. The Morgan fingerprint density at radius 1 is 1.23 bits per heavy atom. The lowest BCUT2D eigenvalue weighted by Crippen LogP contribution is -2.20. The molecule has 0 aliphatic carbocycles. The third-order valence-electron chi connectivity index (χ3n) is 3.07. The average Bonchev–Trinajstić information content (AvgIpc) is 2.47. The minimum Gasteiger partial charge on any atom is -0.462 e. The van der Waals surface area contributed by atoms with E-state index in [-0.39, 0.29) is 17.8 Å². The van der Waals surface area contributed by atoms with Gasteiger partial charge >= 0.3 is 5.97 Å². The Kier molecular flexibility index (Phi) is 6.73. The summed E-state index contributed by atoms with van der Waals surface area (Å²) < 4.78 is 4.97. The van der Waals surface area contributed by atoms with Crippen molar-refractivity contribution in [2.24, 2.45) is 0 Å². The molecule has 0 saturated heterocycles. The molecule has 1 aromatic carbocycles. The zero-order chi connectivity index (χ0) is 16.7. The first-order chi connectivity index (χ1) is 10.4. The molecule has 0 unspecified atom stereocenters. The molecule has 4 heteroatoms. The molecule has 1 rings (SSSR count). The molecular formula is C18H23NO3. The van der Waals surface area contributed by atoms with E-state index in [1.165, 1.54) is 0 Å². The van der Waals surface area contributed by atoms with Crippen LogP contribution in [0.2, 0.25) is 0 Å². The summed E-state index contributed by atoms with van der Waals surface area (Å²) in [6.07, 6.45) is 1.58. The number of carbonyl (C=O) groups is 2. The third kappa shape index (κ3) is 4.97. The van der Waals surface area contributed by atoms with Gasteiger partial charge in [0.05, 0.1) is 6.61 Å². The van der Waals surface area contributed by atoms with Crippen LogP contribution in [-0.4, -0.2) is 43.9 Å². The molecule has 1 aromatic rings. The van der Waals surface area contributed by atoms with Crippen LogP contribution in [0.25, 0.3) is 5.57 Å². The van der Waals surface area contributed by atoms with Gasteiger partial charge in [-0.25, -0.2) is 4.79 Å².